The summed E-state index contributed by atoms with van der Waals surface area (Å²) in [6.45, 7) is 2.06. The predicted octanol–water partition coefficient (Wildman–Crippen LogP) is 3.18. The van der Waals surface area contributed by atoms with Gasteiger partial charge in [0.2, 0.25) is 5.88 Å². The summed E-state index contributed by atoms with van der Waals surface area (Å²) in [5, 5.41) is 6.50. The minimum absolute atomic E-state index is 0.351. The summed E-state index contributed by atoms with van der Waals surface area (Å²) in [4.78, 5) is 8.48. The van der Waals surface area contributed by atoms with E-state index in [-0.39, 0.29) is 5.82 Å². The zero-order valence-electron chi connectivity index (χ0n) is 15.1. The third kappa shape index (κ3) is 5.57. The van der Waals surface area contributed by atoms with Crippen LogP contribution in [0.15, 0.2) is 72.1 Å². The fraction of sp³-hybridized carbons (Fsp3) is 0.200. The molecular weight excluding hydrogens is 345 g/mol. The van der Waals surface area contributed by atoms with Crippen molar-refractivity contribution in [2.45, 2.75) is 13.1 Å². The molecule has 2 heterocycles. The Labute approximate surface area is 157 Å². The molecule has 0 bridgehead atoms. The highest BCUT2D eigenvalue weighted by atomic mass is 19.1. The van der Waals surface area contributed by atoms with Gasteiger partial charge in [-0.3, -0.25) is 4.99 Å². The van der Waals surface area contributed by atoms with Crippen LogP contribution in [0.4, 0.5) is 4.39 Å². The quantitative estimate of drug-likeness (QED) is 0.497. The molecule has 0 aliphatic rings. The number of nitrogens with one attached hydrogen (secondary N) is 2. The molecule has 2 aromatic heterocycles. The molecule has 3 rings (SSSR count). The minimum Gasteiger partial charge on any atom is -0.439 e. The number of rotatable bonds is 7. The van der Waals surface area contributed by atoms with Crippen LogP contribution in [0.2, 0.25) is 0 Å². The van der Waals surface area contributed by atoms with Gasteiger partial charge in [-0.2, -0.15) is 0 Å². The normalized spacial score (nSPS) is 11.3. The van der Waals surface area contributed by atoms with Crippen molar-refractivity contribution in [1.29, 1.82) is 0 Å². The number of aromatic nitrogens is 2. The highest BCUT2D eigenvalue weighted by Gasteiger charge is 2.08. The fourth-order valence-corrected chi connectivity index (χ4v) is 2.51. The maximum absolute atomic E-state index is 13.4. The number of ether oxygens (including phenoxy) is 1. The standard InChI is InChI=1S/C20H22FN5O/c1-22-20(24-10-13-26-11-2-3-12-26)25-15-16-6-5-9-23-19(16)27-18-8-4-7-17(21)14-18/h2-9,11-12,14H,10,13,15H2,1H3,(H2,22,24,25). The number of guanidine groups is 1. The van der Waals surface area contributed by atoms with Gasteiger partial charge in [-0.25, -0.2) is 9.37 Å². The monoisotopic (exact) mass is 367 g/mol. The lowest BCUT2D eigenvalue weighted by atomic mass is 10.2. The van der Waals surface area contributed by atoms with E-state index in [9.17, 15) is 4.39 Å². The van der Waals surface area contributed by atoms with Crippen LogP contribution in [0.5, 0.6) is 11.6 Å². The largest absolute Gasteiger partial charge is 0.439 e. The maximum atomic E-state index is 13.4. The number of pyridine rings is 1. The second-order valence-electron chi connectivity index (χ2n) is 5.80. The van der Waals surface area contributed by atoms with E-state index in [0.29, 0.717) is 24.1 Å². The summed E-state index contributed by atoms with van der Waals surface area (Å²) in [6, 6.07) is 13.7. The Hall–Kier alpha value is -3.35. The van der Waals surface area contributed by atoms with Gasteiger partial charge in [-0.1, -0.05) is 12.1 Å². The Morgan fingerprint density at radius 1 is 1.15 bits per heavy atom. The van der Waals surface area contributed by atoms with Crippen molar-refractivity contribution in [1.82, 2.24) is 20.2 Å². The molecule has 0 amide bonds. The van der Waals surface area contributed by atoms with Crippen molar-refractivity contribution >= 4 is 5.96 Å². The highest BCUT2D eigenvalue weighted by Crippen LogP contribution is 2.23. The molecule has 7 heteroatoms. The maximum Gasteiger partial charge on any atom is 0.224 e. The lowest BCUT2D eigenvalue weighted by molar-refractivity contribution is 0.450. The van der Waals surface area contributed by atoms with E-state index < -0.39 is 0 Å². The molecule has 0 aliphatic carbocycles. The minimum atomic E-state index is -0.351. The van der Waals surface area contributed by atoms with Crippen LogP contribution >= 0.6 is 0 Å². The summed E-state index contributed by atoms with van der Waals surface area (Å²) in [7, 11) is 1.72. The van der Waals surface area contributed by atoms with Gasteiger partial charge in [0.15, 0.2) is 5.96 Å². The smallest absolute Gasteiger partial charge is 0.224 e. The molecule has 0 atom stereocenters. The summed E-state index contributed by atoms with van der Waals surface area (Å²) >= 11 is 0. The van der Waals surface area contributed by atoms with E-state index in [1.807, 2.05) is 36.7 Å². The van der Waals surface area contributed by atoms with Crippen LogP contribution in [0.3, 0.4) is 0 Å². The van der Waals surface area contributed by atoms with Crippen molar-refractivity contribution < 1.29 is 9.13 Å². The lowest BCUT2D eigenvalue weighted by Crippen LogP contribution is -2.38. The molecule has 0 radical (unpaired) electrons. The Morgan fingerprint density at radius 2 is 2.00 bits per heavy atom. The Morgan fingerprint density at radius 3 is 2.78 bits per heavy atom. The number of benzene rings is 1. The van der Waals surface area contributed by atoms with Crippen molar-refractivity contribution in [3.63, 3.8) is 0 Å². The van der Waals surface area contributed by atoms with Gasteiger partial charge in [0.1, 0.15) is 11.6 Å². The van der Waals surface area contributed by atoms with Crippen LogP contribution in [0, 0.1) is 5.82 Å². The van der Waals surface area contributed by atoms with Gasteiger partial charge in [-0.15, -0.1) is 0 Å². The molecule has 0 saturated carbocycles. The molecule has 0 fully saturated rings. The molecule has 0 unspecified atom stereocenters. The van der Waals surface area contributed by atoms with Crippen LogP contribution in [-0.4, -0.2) is 29.1 Å². The first-order valence-corrected chi connectivity index (χ1v) is 8.67. The molecule has 6 nitrogen and oxygen atoms in total. The van der Waals surface area contributed by atoms with Crippen LogP contribution in [-0.2, 0) is 13.1 Å². The Balaban J connectivity index is 1.56. The number of nitrogens with zero attached hydrogens (tertiary/aromatic N) is 3. The third-order valence-corrected chi connectivity index (χ3v) is 3.86. The first-order valence-electron chi connectivity index (χ1n) is 8.67. The van der Waals surface area contributed by atoms with Gasteiger partial charge >= 0.3 is 0 Å². The molecular formula is C20H22FN5O. The summed E-state index contributed by atoms with van der Waals surface area (Å²) in [6.07, 6.45) is 5.68. The molecule has 0 spiro atoms. The van der Waals surface area contributed by atoms with Gasteiger partial charge in [0.25, 0.3) is 0 Å². The van der Waals surface area contributed by atoms with Crippen LogP contribution in [0.1, 0.15) is 5.56 Å². The van der Waals surface area contributed by atoms with E-state index in [0.717, 1.165) is 18.7 Å². The van der Waals surface area contributed by atoms with Crippen molar-refractivity contribution in [2.24, 2.45) is 4.99 Å². The summed E-state index contributed by atoms with van der Waals surface area (Å²) in [5.41, 5.74) is 0.843. The van der Waals surface area contributed by atoms with Crippen molar-refractivity contribution in [3.05, 3.63) is 78.5 Å². The fourth-order valence-electron chi connectivity index (χ4n) is 2.51. The van der Waals surface area contributed by atoms with Crippen LogP contribution < -0.4 is 15.4 Å². The van der Waals surface area contributed by atoms with Gasteiger partial charge in [-0.05, 0) is 30.3 Å². The number of aliphatic imine (C=N–C) groups is 1. The van der Waals surface area contributed by atoms with Gasteiger partial charge in [0.05, 0.1) is 0 Å². The van der Waals surface area contributed by atoms with Crippen molar-refractivity contribution in [2.75, 3.05) is 13.6 Å². The number of hydrogen-bond acceptors (Lipinski definition) is 3. The molecule has 1 aromatic carbocycles. The first kappa shape index (κ1) is 18.4. The van der Waals surface area contributed by atoms with E-state index in [1.54, 1.807) is 25.4 Å². The highest BCUT2D eigenvalue weighted by molar-refractivity contribution is 5.79. The van der Waals surface area contributed by atoms with E-state index in [2.05, 4.69) is 25.2 Å². The Bertz CT molecular complexity index is 880. The molecule has 140 valence electrons. The SMILES string of the molecule is CN=C(NCCn1cccc1)NCc1cccnc1Oc1cccc(F)c1. The number of halogens is 1. The van der Waals surface area contributed by atoms with Crippen LogP contribution in [0.25, 0.3) is 0 Å². The van der Waals surface area contributed by atoms with Gasteiger partial charge < -0.3 is 19.9 Å². The zero-order valence-corrected chi connectivity index (χ0v) is 15.1. The third-order valence-electron chi connectivity index (χ3n) is 3.86. The molecule has 3 aromatic rings. The Kier molecular flexibility index (Phi) is 6.40. The molecule has 0 aliphatic heterocycles. The average molecular weight is 367 g/mol. The molecule has 27 heavy (non-hydrogen) atoms. The van der Waals surface area contributed by atoms with E-state index >= 15 is 0 Å². The van der Waals surface area contributed by atoms with E-state index in [4.69, 9.17) is 4.74 Å². The van der Waals surface area contributed by atoms with E-state index in [1.165, 1.54) is 12.1 Å². The second-order valence-corrected chi connectivity index (χ2v) is 5.80. The second kappa shape index (κ2) is 9.38. The predicted molar refractivity (Wildman–Crippen MR) is 103 cm³/mol. The average Bonchev–Trinajstić information content (AvgIpc) is 3.19. The van der Waals surface area contributed by atoms with Crippen molar-refractivity contribution in [3.8, 4) is 11.6 Å². The summed E-state index contributed by atoms with van der Waals surface area (Å²) < 4.78 is 21.2. The first-order chi connectivity index (χ1) is 13.2. The molecule has 2 N–H and O–H groups in total. The zero-order chi connectivity index (χ0) is 18.9. The van der Waals surface area contributed by atoms with Gasteiger partial charge in [0, 0.05) is 56.9 Å². The topological polar surface area (TPSA) is 63.5 Å². The lowest BCUT2D eigenvalue weighted by Gasteiger charge is -2.14. The number of hydrogen-bond donors (Lipinski definition) is 2. The summed E-state index contributed by atoms with van der Waals surface area (Å²) in [5.74, 6) is 1.17. The molecule has 0 saturated heterocycles.